The first kappa shape index (κ1) is 12.3. The molecule has 0 saturated heterocycles. The van der Waals surface area contributed by atoms with Crippen LogP contribution in [0.15, 0.2) is 29.6 Å². The van der Waals surface area contributed by atoms with E-state index in [4.69, 9.17) is 11.0 Å². The molecule has 0 spiro atoms. The summed E-state index contributed by atoms with van der Waals surface area (Å²) in [6.45, 7) is 0. The van der Waals surface area contributed by atoms with E-state index in [2.05, 4.69) is 15.3 Å². The van der Waals surface area contributed by atoms with Gasteiger partial charge in [-0.1, -0.05) is 0 Å². The lowest BCUT2D eigenvalue weighted by Crippen LogP contribution is -2.00. The summed E-state index contributed by atoms with van der Waals surface area (Å²) in [6, 6.07) is 7.86. The molecule has 0 saturated carbocycles. The van der Waals surface area contributed by atoms with Gasteiger partial charge in [0, 0.05) is 5.69 Å². The Morgan fingerprint density at radius 3 is 2.95 bits per heavy atom. The van der Waals surface area contributed by atoms with Gasteiger partial charge in [-0.3, -0.25) is 0 Å². The summed E-state index contributed by atoms with van der Waals surface area (Å²) in [5.74, 6) is 0.134. The van der Waals surface area contributed by atoms with Crippen LogP contribution in [0.2, 0.25) is 0 Å². The molecule has 5 nitrogen and oxygen atoms in total. The summed E-state index contributed by atoms with van der Waals surface area (Å²) in [5, 5.41) is 14.6. The fourth-order valence-corrected chi connectivity index (χ4v) is 2.56. The van der Waals surface area contributed by atoms with Crippen LogP contribution >= 0.6 is 11.3 Å². The first-order valence-electron chi connectivity index (χ1n) is 5.65. The summed E-state index contributed by atoms with van der Waals surface area (Å²) in [7, 11) is 0. The highest BCUT2D eigenvalue weighted by atomic mass is 32.1. The van der Waals surface area contributed by atoms with Crippen LogP contribution in [-0.4, -0.2) is 9.97 Å². The van der Waals surface area contributed by atoms with Gasteiger partial charge in [-0.25, -0.2) is 9.37 Å². The quantitative estimate of drug-likeness (QED) is 0.755. The van der Waals surface area contributed by atoms with Gasteiger partial charge in [0.15, 0.2) is 0 Å². The normalized spacial score (nSPS) is 10.4. The number of hydrogen-bond acceptors (Lipinski definition) is 6. The maximum Gasteiger partial charge on any atom is 0.223 e. The number of halogens is 1. The van der Waals surface area contributed by atoms with Gasteiger partial charge in [-0.2, -0.15) is 10.2 Å². The van der Waals surface area contributed by atoms with Crippen LogP contribution in [0.25, 0.3) is 10.2 Å². The molecule has 0 aliphatic heterocycles. The number of anilines is 3. The SMILES string of the molecule is N#Cc1cc(Nc2nc(N)nc3sccc23)ccc1F. The van der Waals surface area contributed by atoms with Crippen LogP contribution in [-0.2, 0) is 0 Å². The Bertz CT molecular complexity index is 836. The van der Waals surface area contributed by atoms with Gasteiger partial charge in [-0.05, 0) is 29.6 Å². The lowest BCUT2D eigenvalue weighted by Gasteiger charge is -2.08. The second kappa shape index (κ2) is 4.75. The van der Waals surface area contributed by atoms with Gasteiger partial charge in [0.1, 0.15) is 22.5 Å². The van der Waals surface area contributed by atoms with Crippen LogP contribution in [0, 0.1) is 17.1 Å². The topological polar surface area (TPSA) is 87.6 Å². The minimum atomic E-state index is -0.555. The highest BCUT2D eigenvalue weighted by Gasteiger charge is 2.09. The van der Waals surface area contributed by atoms with Crippen LogP contribution in [0.3, 0.4) is 0 Å². The number of nitrogens with two attached hydrogens (primary N) is 1. The second-order valence-corrected chi connectivity index (χ2v) is 4.90. The molecule has 3 aromatic rings. The molecule has 3 N–H and O–H groups in total. The Morgan fingerprint density at radius 2 is 2.15 bits per heavy atom. The fourth-order valence-electron chi connectivity index (χ4n) is 1.79. The zero-order valence-electron chi connectivity index (χ0n) is 10.1. The van der Waals surface area contributed by atoms with Crippen molar-refractivity contribution in [1.82, 2.24) is 9.97 Å². The summed E-state index contributed by atoms with van der Waals surface area (Å²) in [5.41, 5.74) is 6.18. The minimum absolute atomic E-state index is 0.0291. The summed E-state index contributed by atoms with van der Waals surface area (Å²) >= 11 is 1.45. The summed E-state index contributed by atoms with van der Waals surface area (Å²) in [4.78, 5) is 9.02. The van der Waals surface area contributed by atoms with Crippen LogP contribution < -0.4 is 11.1 Å². The van der Waals surface area contributed by atoms with Gasteiger partial charge in [0.25, 0.3) is 0 Å². The largest absolute Gasteiger partial charge is 0.368 e. The van der Waals surface area contributed by atoms with Crippen molar-refractivity contribution < 1.29 is 4.39 Å². The van der Waals surface area contributed by atoms with Crippen LogP contribution in [0.5, 0.6) is 0 Å². The van der Waals surface area contributed by atoms with Gasteiger partial charge < -0.3 is 11.1 Å². The number of nitrogen functional groups attached to an aromatic ring is 1. The Morgan fingerprint density at radius 1 is 1.30 bits per heavy atom. The van der Waals surface area contributed by atoms with E-state index < -0.39 is 5.82 Å². The fraction of sp³-hybridized carbons (Fsp3) is 0. The van der Waals surface area contributed by atoms with Crippen molar-refractivity contribution in [3.05, 3.63) is 41.0 Å². The monoisotopic (exact) mass is 285 g/mol. The first-order chi connectivity index (χ1) is 9.67. The van der Waals surface area contributed by atoms with E-state index in [0.29, 0.717) is 11.5 Å². The number of benzene rings is 1. The van der Waals surface area contributed by atoms with E-state index in [1.165, 1.54) is 29.5 Å². The third-order valence-electron chi connectivity index (χ3n) is 2.69. The van der Waals surface area contributed by atoms with Gasteiger partial charge >= 0.3 is 0 Å². The van der Waals surface area contributed by atoms with Gasteiger partial charge in [0.05, 0.1) is 10.9 Å². The molecule has 2 aromatic heterocycles. The van der Waals surface area contributed by atoms with E-state index in [1.807, 2.05) is 11.4 Å². The summed E-state index contributed by atoms with van der Waals surface area (Å²) in [6.07, 6.45) is 0. The number of rotatable bonds is 2. The predicted octanol–water partition coefficient (Wildman–Crippen LogP) is 3.03. The van der Waals surface area contributed by atoms with Crippen molar-refractivity contribution >= 4 is 39.0 Å². The van der Waals surface area contributed by atoms with Crippen molar-refractivity contribution in [2.75, 3.05) is 11.1 Å². The Balaban J connectivity index is 2.05. The van der Waals surface area contributed by atoms with Crippen molar-refractivity contribution in [2.45, 2.75) is 0 Å². The molecule has 2 heterocycles. The number of hydrogen-bond donors (Lipinski definition) is 2. The molecule has 1 aromatic carbocycles. The van der Waals surface area contributed by atoms with Crippen molar-refractivity contribution in [2.24, 2.45) is 0 Å². The maximum absolute atomic E-state index is 13.3. The van der Waals surface area contributed by atoms with Crippen LogP contribution in [0.4, 0.5) is 21.8 Å². The van der Waals surface area contributed by atoms with Gasteiger partial charge in [0.2, 0.25) is 5.95 Å². The van der Waals surface area contributed by atoms with E-state index in [0.717, 1.165) is 10.2 Å². The number of nitrogens with zero attached hydrogens (tertiary/aromatic N) is 3. The Labute approximate surface area is 117 Å². The smallest absolute Gasteiger partial charge is 0.223 e. The maximum atomic E-state index is 13.3. The van der Waals surface area contributed by atoms with Crippen molar-refractivity contribution in [1.29, 1.82) is 5.26 Å². The lowest BCUT2D eigenvalue weighted by atomic mass is 10.2. The first-order valence-corrected chi connectivity index (χ1v) is 6.53. The molecule has 0 unspecified atom stereocenters. The van der Waals surface area contributed by atoms with Gasteiger partial charge in [-0.15, -0.1) is 11.3 Å². The summed E-state index contributed by atoms with van der Waals surface area (Å²) < 4.78 is 13.3. The lowest BCUT2D eigenvalue weighted by molar-refractivity contribution is 0.624. The number of thiophene rings is 1. The third-order valence-corrected chi connectivity index (χ3v) is 3.50. The average molecular weight is 285 g/mol. The minimum Gasteiger partial charge on any atom is -0.368 e. The van der Waals surface area contributed by atoms with E-state index in [-0.39, 0.29) is 11.5 Å². The Kier molecular flexibility index (Phi) is 2.93. The molecule has 0 fully saturated rings. The second-order valence-electron chi connectivity index (χ2n) is 4.00. The van der Waals surface area contributed by atoms with Crippen molar-refractivity contribution in [3.8, 4) is 6.07 Å². The molecule has 0 radical (unpaired) electrons. The van der Waals surface area contributed by atoms with E-state index in [9.17, 15) is 4.39 Å². The molecule has 20 heavy (non-hydrogen) atoms. The highest BCUT2D eigenvalue weighted by molar-refractivity contribution is 7.16. The number of fused-ring (bicyclic) bond motifs is 1. The van der Waals surface area contributed by atoms with E-state index >= 15 is 0 Å². The third kappa shape index (κ3) is 2.13. The molecular weight excluding hydrogens is 277 g/mol. The molecule has 0 atom stereocenters. The number of nitrogens with one attached hydrogen (secondary N) is 1. The van der Waals surface area contributed by atoms with Crippen LogP contribution in [0.1, 0.15) is 5.56 Å². The Hall–Kier alpha value is -2.72. The zero-order valence-corrected chi connectivity index (χ0v) is 10.9. The molecule has 7 heteroatoms. The molecule has 0 bridgehead atoms. The van der Waals surface area contributed by atoms with E-state index in [1.54, 1.807) is 6.07 Å². The molecule has 98 valence electrons. The van der Waals surface area contributed by atoms with Crippen molar-refractivity contribution in [3.63, 3.8) is 0 Å². The molecule has 0 aliphatic rings. The number of nitriles is 1. The average Bonchev–Trinajstić information content (AvgIpc) is 2.89. The highest BCUT2D eigenvalue weighted by Crippen LogP contribution is 2.28. The predicted molar refractivity (Wildman–Crippen MR) is 76.2 cm³/mol. The molecule has 0 amide bonds. The number of aromatic nitrogens is 2. The standard InChI is InChI=1S/C13H8FN5S/c14-10-2-1-8(5-7(10)6-15)17-11-9-3-4-20-12(9)19-13(16)18-11/h1-5H,(H3,16,17,18,19). The zero-order chi connectivity index (χ0) is 14.1. The molecule has 0 aliphatic carbocycles. The molecular formula is C13H8FN5S. The molecule has 3 rings (SSSR count).